The van der Waals surface area contributed by atoms with Crippen molar-refractivity contribution in [3.8, 4) is 11.5 Å². The maximum atomic E-state index is 11.2. The number of benzene rings is 2. The molecule has 3 rings (SSSR count). The first-order valence-electron chi connectivity index (χ1n) is 6.10. The van der Waals surface area contributed by atoms with Crippen LogP contribution in [0, 0.1) is 0 Å². The van der Waals surface area contributed by atoms with Crippen LogP contribution in [0.1, 0.15) is 0 Å². The first-order chi connectivity index (χ1) is 10.0. The van der Waals surface area contributed by atoms with E-state index in [9.17, 15) is 8.42 Å². The molecule has 1 aromatic heterocycles. The van der Waals surface area contributed by atoms with Crippen molar-refractivity contribution in [3.63, 3.8) is 0 Å². The van der Waals surface area contributed by atoms with E-state index in [4.69, 9.17) is 15.4 Å². The van der Waals surface area contributed by atoms with Gasteiger partial charge in [-0.25, -0.2) is 8.42 Å². The van der Waals surface area contributed by atoms with Crippen LogP contribution in [0.4, 0.5) is 0 Å². The Morgan fingerprint density at radius 3 is 2.43 bits per heavy atom. The molecule has 6 heteroatoms. The monoisotopic (exact) mass is 319 g/mol. The van der Waals surface area contributed by atoms with Crippen LogP contribution >= 0.6 is 10.7 Å². The van der Waals surface area contributed by atoms with Gasteiger partial charge in [0.05, 0.1) is 10.4 Å². The van der Waals surface area contributed by atoms with Crippen molar-refractivity contribution in [3.05, 3.63) is 60.8 Å². The van der Waals surface area contributed by atoms with E-state index in [1.54, 1.807) is 18.3 Å². The predicted octanol–water partition coefficient (Wildman–Crippen LogP) is 3.95. The maximum absolute atomic E-state index is 11.2. The number of ether oxygens (including phenoxy) is 1. The molecule has 0 saturated heterocycles. The zero-order valence-corrected chi connectivity index (χ0v) is 12.3. The second-order valence-corrected chi connectivity index (χ2v) is 6.90. The Morgan fingerprint density at radius 1 is 0.952 bits per heavy atom. The van der Waals surface area contributed by atoms with Gasteiger partial charge in [0.15, 0.2) is 0 Å². The fraction of sp³-hybridized carbons (Fsp3) is 0. The molecule has 0 N–H and O–H groups in total. The van der Waals surface area contributed by atoms with Crippen LogP contribution in [0.3, 0.4) is 0 Å². The Balaban J connectivity index is 1.96. The van der Waals surface area contributed by atoms with Gasteiger partial charge in [-0.1, -0.05) is 6.07 Å². The van der Waals surface area contributed by atoms with Crippen molar-refractivity contribution in [1.82, 2.24) is 4.98 Å². The van der Waals surface area contributed by atoms with Crippen LogP contribution in [0.25, 0.3) is 10.9 Å². The highest BCUT2D eigenvalue weighted by Gasteiger charge is 2.10. The highest BCUT2D eigenvalue weighted by molar-refractivity contribution is 8.13. The summed E-state index contributed by atoms with van der Waals surface area (Å²) in [5.41, 5.74) is 0.829. The lowest BCUT2D eigenvalue weighted by Gasteiger charge is -2.08. The topological polar surface area (TPSA) is 56.3 Å². The lowest BCUT2D eigenvalue weighted by molar-refractivity contribution is 0.487. The molecule has 0 radical (unpaired) electrons. The van der Waals surface area contributed by atoms with Crippen molar-refractivity contribution in [2.24, 2.45) is 0 Å². The molecule has 0 aliphatic rings. The van der Waals surface area contributed by atoms with Crippen LogP contribution in [0.5, 0.6) is 11.5 Å². The minimum absolute atomic E-state index is 0.0381. The number of nitrogens with zero attached hydrogens (tertiary/aromatic N) is 1. The molecule has 0 aliphatic carbocycles. The fourth-order valence-electron chi connectivity index (χ4n) is 1.96. The number of hydrogen-bond donors (Lipinski definition) is 0. The van der Waals surface area contributed by atoms with Gasteiger partial charge in [-0.2, -0.15) is 0 Å². The predicted molar refractivity (Wildman–Crippen MR) is 81.3 cm³/mol. The quantitative estimate of drug-likeness (QED) is 0.686. The van der Waals surface area contributed by atoms with Gasteiger partial charge in [0.25, 0.3) is 9.05 Å². The zero-order chi connectivity index (χ0) is 14.9. The number of hydrogen-bond acceptors (Lipinski definition) is 4. The fourth-order valence-corrected chi connectivity index (χ4v) is 2.73. The lowest BCUT2D eigenvalue weighted by Crippen LogP contribution is -1.91. The van der Waals surface area contributed by atoms with Gasteiger partial charge < -0.3 is 4.74 Å². The molecule has 0 unspecified atom stereocenters. The Labute approximate surface area is 126 Å². The molecule has 0 spiro atoms. The molecule has 4 nitrogen and oxygen atoms in total. The van der Waals surface area contributed by atoms with E-state index < -0.39 is 9.05 Å². The molecule has 21 heavy (non-hydrogen) atoms. The number of rotatable bonds is 3. The second kappa shape index (κ2) is 5.35. The molecule has 3 aromatic rings. The third-order valence-corrected chi connectivity index (χ3v) is 4.31. The summed E-state index contributed by atoms with van der Waals surface area (Å²) in [6.45, 7) is 0. The van der Waals surface area contributed by atoms with Crippen molar-refractivity contribution in [2.45, 2.75) is 4.90 Å². The van der Waals surface area contributed by atoms with E-state index in [1.807, 2.05) is 30.3 Å². The first kappa shape index (κ1) is 13.9. The van der Waals surface area contributed by atoms with Gasteiger partial charge in [-0.15, -0.1) is 0 Å². The van der Waals surface area contributed by atoms with Crippen molar-refractivity contribution >= 4 is 30.6 Å². The van der Waals surface area contributed by atoms with Gasteiger partial charge in [-0.05, 0) is 48.5 Å². The molecule has 0 saturated carbocycles. The SMILES string of the molecule is O=S(=O)(Cl)c1ccc(Oc2cccc3ncccc23)cc1. The molecule has 0 bridgehead atoms. The minimum Gasteiger partial charge on any atom is -0.457 e. The maximum Gasteiger partial charge on any atom is 0.261 e. The van der Waals surface area contributed by atoms with Gasteiger partial charge in [-0.3, -0.25) is 4.98 Å². The first-order valence-corrected chi connectivity index (χ1v) is 8.41. The largest absolute Gasteiger partial charge is 0.457 e. The van der Waals surface area contributed by atoms with Gasteiger partial charge in [0, 0.05) is 22.3 Å². The molecular formula is C15H10ClNO3S. The third-order valence-electron chi connectivity index (χ3n) is 2.94. The average molecular weight is 320 g/mol. The van der Waals surface area contributed by atoms with E-state index in [0.717, 1.165) is 10.9 Å². The van der Waals surface area contributed by atoms with Crippen LogP contribution in [0.15, 0.2) is 65.7 Å². The Kier molecular flexibility index (Phi) is 3.53. The van der Waals surface area contributed by atoms with E-state index in [1.165, 1.54) is 12.1 Å². The Hall–Kier alpha value is -2.11. The summed E-state index contributed by atoms with van der Waals surface area (Å²) in [4.78, 5) is 4.29. The zero-order valence-electron chi connectivity index (χ0n) is 10.7. The number of pyridine rings is 1. The normalized spacial score (nSPS) is 11.5. The van der Waals surface area contributed by atoms with Crippen LogP contribution in [0.2, 0.25) is 0 Å². The van der Waals surface area contributed by atoms with Gasteiger partial charge >= 0.3 is 0 Å². The van der Waals surface area contributed by atoms with Crippen LogP contribution in [-0.2, 0) is 9.05 Å². The summed E-state index contributed by atoms with van der Waals surface area (Å²) < 4.78 is 28.2. The number of halogens is 1. The number of fused-ring (bicyclic) bond motifs is 1. The molecule has 1 heterocycles. The lowest BCUT2D eigenvalue weighted by atomic mass is 10.2. The Morgan fingerprint density at radius 2 is 1.71 bits per heavy atom. The van der Waals surface area contributed by atoms with Crippen LogP contribution in [-0.4, -0.2) is 13.4 Å². The molecule has 0 aliphatic heterocycles. The van der Waals surface area contributed by atoms with E-state index in [-0.39, 0.29) is 4.90 Å². The standard InChI is InChI=1S/C15H10ClNO3S/c16-21(18,19)12-8-6-11(7-9-12)20-15-5-1-4-14-13(15)3-2-10-17-14/h1-10H. The summed E-state index contributed by atoms with van der Waals surface area (Å²) in [5.74, 6) is 1.18. The van der Waals surface area contributed by atoms with Gasteiger partial charge in [0.1, 0.15) is 11.5 Å². The summed E-state index contributed by atoms with van der Waals surface area (Å²) in [6, 6.07) is 15.2. The summed E-state index contributed by atoms with van der Waals surface area (Å²) in [7, 11) is 1.55. The molecule has 106 valence electrons. The smallest absolute Gasteiger partial charge is 0.261 e. The van der Waals surface area contributed by atoms with E-state index in [2.05, 4.69) is 4.98 Å². The minimum atomic E-state index is -3.72. The molecule has 0 atom stereocenters. The molecule has 0 amide bonds. The summed E-state index contributed by atoms with van der Waals surface area (Å²) in [6.07, 6.45) is 1.71. The second-order valence-electron chi connectivity index (χ2n) is 4.34. The molecule has 2 aromatic carbocycles. The Bertz CT molecular complexity index is 887. The molecule has 0 fully saturated rings. The van der Waals surface area contributed by atoms with Gasteiger partial charge in [0.2, 0.25) is 0 Å². The third kappa shape index (κ3) is 2.99. The molecular weight excluding hydrogens is 310 g/mol. The number of aromatic nitrogens is 1. The van der Waals surface area contributed by atoms with E-state index >= 15 is 0 Å². The van der Waals surface area contributed by atoms with Crippen molar-refractivity contribution in [1.29, 1.82) is 0 Å². The van der Waals surface area contributed by atoms with Crippen molar-refractivity contribution in [2.75, 3.05) is 0 Å². The summed E-state index contributed by atoms with van der Waals surface area (Å²) in [5, 5.41) is 0.883. The highest BCUT2D eigenvalue weighted by atomic mass is 35.7. The van der Waals surface area contributed by atoms with E-state index in [0.29, 0.717) is 11.5 Å². The summed E-state index contributed by atoms with van der Waals surface area (Å²) >= 11 is 0. The van der Waals surface area contributed by atoms with Crippen molar-refractivity contribution < 1.29 is 13.2 Å². The van der Waals surface area contributed by atoms with Crippen LogP contribution < -0.4 is 4.74 Å². The highest BCUT2D eigenvalue weighted by Crippen LogP contribution is 2.29. The average Bonchev–Trinajstić information content (AvgIpc) is 2.47.